The van der Waals surface area contributed by atoms with Crippen molar-refractivity contribution in [2.75, 3.05) is 26.2 Å². The number of hydrogen-bond acceptors (Lipinski definition) is 4. The minimum absolute atomic E-state index is 0. The van der Waals surface area contributed by atoms with Crippen LogP contribution in [0.15, 0.2) is 0 Å². The molecule has 0 aromatic heterocycles. The third-order valence-electron chi connectivity index (χ3n) is 1.58. The highest BCUT2D eigenvalue weighted by Crippen LogP contribution is 1.97. The molecule has 76 valence electrons. The van der Waals surface area contributed by atoms with Crippen LogP contribution in [0.1, 0.15) is 6.92 Å². The molecule has 0 atom stereocenters. The Morgan fingerprint density at radius 2 is 2.38 bits per heavy atom. The van der Waals surface area contributed by atoms with Gasteiger partial charge in [-0.2, -0.15) is 0 Å². The summed E-state index contributed by atoms with van der Waals surface area (Å²) in [5.74, 6) is -0.222. The Morgan fingerprint density at radius 1 is 1.69 bits per heavy atom. The zero-order valence-electron chi connectivity index (χ0n) is 7.41. The molecule has 0 radical (unpaired) electrons. The van der Waals surface area contributed by atoms with Crippen molar-refractivity contribution in [3.05, 3.63) is 0 Å². The zero-order valence-corrected chi connectivity index (χ0v) is 8.23. The highest BCUT2D eigenvalue weighted by molar-refractivity contribution is 5.93. The van der Waals surface area contributed by atoms with Crippen LogP contribution in [-0.2, 0) is 9.53 Å². The lowest BCUT2D eigenvalue weighted by Crippen LogP contribution is -2.50. The lowest BCUT2D eigenvalue weighted by atomic mass is 10.4. The first-order valence-electron chi connectivity index (χ1n) is 3.93. The van der Waals surface area contributed by atoms with Crippen LogP contribution in [0.2, 0.25) is 0 Å². The van der Waals surface area contributed by atoms with Crippen molar-refractivity contribution < 1.29 is 14.3 Å². The molecule has 1 heterocycles. The first-order chi connectivity index (χ1) is 5.75. The monoisotopic (exact) mass is 208 g/mol. The Bertz CT molecular complexity index is 198. The van der Waals surface area contributed by atoms with Crippen LogP contribution in [-0.4, -0.2) is 43.1 Å². The van der Waals surface area contributed by atoms with Crippen LogP contribution < -0.4 is 5.32 Å². The topological polar surface area (TPSA) is 58.6 Å². The van der Waals surface area contributed by atoms with Crippen LogP contribution in [0, 0.1) is 0 Å². The van der Waals surface area contributed by atoms with Gasteiger partial charge in [0, 0.05) is 13.1 Å². The van der Waals surface area contributed by atoms with E-state index in [2.05, 4.69) is 5.32 Å². The van der Waals surface area contributed by atoms with E-state index in [1.165, 1.54) is 0 Å². The SMILES string of the molecule is CCOC(=O)N1CCNCC1=O.Cl. The van der Waals surface area contributed by atoms with Crippen molar-refractivity contribution >= 4 is 24.4 Å². The second-order valence-corrected chi connectivity index (χ2v) is 2.42. The molecule has 1 N–H and O–H groups in total. The van der Waals surface area contributed by atoms with Crippen LogP contribution in [0.4, 0.5) is 4.79 Å². The molecule has 0 saturated carbocycles. The quantitative estimate of drug-likeness (QED) is 0.659. The summed E-state index contributed by atoms with van der Waals surface area (Å²) in [6.45, 7) is 3.28. The summed E-state index contributed by atoms with van der Waals surface area (Å²) in [5, 5.41) is 2.86. The van der Waals surface area contributed by atoms with Gasteiger partial charge >= 0.3 is 6.09 Å². The molecule has 2 amide bonds. The van der Waals surface area contributed by atoms with Gasteiger partial charge in [-0.05, 0) is 6.92 Å². The van der Waals surface area contributed by atoms with Gasteiger partial charge in [-0.15, -0.1) is 12.4 Å². The summed E-state index contributed by atoms with van der Waals surface area (Å²) >= 11 is 0. The fourth-order valence-corrected chi connectivity index (χ4v) is 1.00. The molecule has 6 heteroatoms. The number of imide groups is 1. The second kappa shape index (κ2) is 5.77. The Kier molecular flexibility index (Phi) is 5.41. The minimum Gasteiger partial charge on any atom is -0.449 e. The molecule has 1 aliphatic heterocycles. The Morgan fingerprint density at radius 3 is 2.92 bits per heavy atom. The van der Waals surface area contributed by atoms with Gasteiger partial charge in [0.1, 0.15) is 0 Å². The molecule has 0 bridgehead atoms. The number of amides is 2. The maximum absolute atomic E-state index is 11.1. The first-order valence-corrected chi connectivity index (χ1v) is 3.93. The van der Waals surface area contributed by atoms with E-state index < -0.39 is 6.09 Å². The molecule has 0 unspecified atom stereocenters. The number of nitrogens with zero attached hydrogens (tertiary/aromatic N) is 1. The van der Waals surface area contributed by atoms with Crippen LogP contribution in [0.5, 0.6) is 0 Å². The Hall–Kier alpha value is -0.810. The number of nitrogens with one attached hydrogen (secondary N) is 1. The van der Waals surface area contributed by atoms with Crippen LogP contribution in [0.25, 0.3) is 0 Å². The van der Waals surface area contributed by atoms with E-state index in [1.54, 1.807) is 6.92 Å². The summed E-state index contributed by atoms with van der Waals surface area (Å²) in [6, 6.07) is 0. The number of ether oxygens (including phenoxy) is 1. The molecule has 0 aromatic rings. The van der Waals surface area contributed by atoms with Gasteiger partial charge in [0.15, 0.2) is 0 Å². The smallest absolute Gasteiger partial charge is 0.416 e. The number of carbonyl (C=O) groups excluding carboxylic acids is 2. The van der Waals surface area contributed by atoms with Crippen molar-refractivity contribution in [2.24, 2.45) is 0 Å². The normalized spacial score (nSPS) is 16.4. The number of halogens is 1. The fraction of sp³-hybridized carbons (Fsp3) is 0.714. The fourth-order valence-electron chi connectivity index (χ4n) is 1.00. The zero-order chi connectivity index (χ0) is 8.97. The van der Waals surface area contributed by atoms with Crippen molar-refractivity contribution in [3.63, 3.8) is 0 Å². The third-order valence-corrected chi connectivity index (χ3v) is 1.58. The predicted molar refractivity (Wildman–Crippen MR) is 48.9 cm³/mol. The highest BCUT2D eigenvalue weighted by atomic mass is 35.5. The molecule has 1 saturated heterocycles. The van der Waals surface area contributed by atoms with Crippen LogP contribution >= 0.6 is 12.4 Å². The lowest BCUT2D eigenvalue weighted by molar-refractivity contribution is -0.130. The van der Waals surface area contributed by atoms with E-state index in [0.29, 0.717) is 19.7 Å². The molecule has 0 spiro atoms. The maximum Gasteiger partial charge on any atom is 0.416 e. The van der Waals surface area contributed by atoms with Gasteiger partial charge in [0.05, 0.1) is 13.2 Å². The summed E-state index contributed by atoms with van der Waals surface area (Å²) in [7, 11) is 0. The van der Waals surface area contributed by atoms with Gasteiger partial charge in [0.25, 0.3) is 0 Å². The Balaban J connectivity index is 0.00000144. The molecule has 0 aliphatic carbocycles. The molecular formula is C7H13ClN2O3. The molecule has 1 rings (SSSR count). The third kappa shape index (κ3) is 3.20. The lowest BCUT2D eigenvalue weighted by Gasteiger charge is -2.24. The van der Waals surface area contributed by atoms with Crippen LogP contribution in [0.3, 0.4) is 0 Å². The van der Waals surface area contributed by atoms with Gasteiger partial charge in [0.2, 0.25) is 5.91 Å². The van der Waals surface area contributed by atoms with Gasteiger partial charge in [-0.25, -0.2) is 9.69 Å². The van der Waals surface area contributed by atoms with Crippen molar-refractivity contribution in [1.29, 1.82) is 0 Å². The molecule has 1 fully saturated rings. The largest absolute Gasteiger partial charge is 0.449 e. The van der Waals surface area contributed by atoms with Gasteiger partial charge in [-0.1, -0.05) is 0 Å². The first kappa shape index (κ1) is 12.2. The van der Waals surface area contributed by atoms with E-state index in [4.69, 9.17) is 4.74 Å². The maximum atomic E-state index is 11.1. The number of carbonyl (C=O) groups is 2. The molecular weight excluding hydrogens is 196 g/mol. The Labute approximate surface area is 82.8 Å². The van der Waals surface area contributed by atoms with Crippen molar-refractivity contribution in [1.82, 2.24) is 10.2 Å². The second-order valence-electron chi connectivity index (χ2n) is 2.42. The molecule has 1 aliphatic rings. The van der Waals surface area contributed by atoms with E-state index in [9.17, 15) is 9.59 Å². The average molecular weight is 209 g/mol. The predicted octanol–water partition coefficient (Wildman–Crippen LogP) is -0.00350. The number of hydrogen-bond donors (Lipinski definition) is 1. The molecule has 13 heavy (non-hydrogen) atoms. The van der Waals surface area contributed by atoms with Crippen molar-refractivity contribution in [3.8, 4) is 0 Å². The molecule has 5 nitrogen and oxygen atoms in total. The average Bonchev–Trinajstić information content (AvgIpc) is 2.05. The van der Waals surface area contributed by atoms with Gasteiger partial charge < -0.3 is 10.1 Å². The number of rotatable bonds is 1. The summed E-state index contributed by atoms with van der Waals surface area (Å²) in [5.41, 5.74) is 0. The highest BCUT2D eigenvalue weighted by Gasteiger charge is 2.24. The summed E-state index contributed by atoms with van der Waals surface area (Å²) in [6.07, 6.45) is -0.538. The minimum atomic E-state index is -0.538. The molecule has 0 aromatic carbocycles. The van der Waals surface area contributed by atoms with Gasteiger partial charge in [-0.3, -0.25) is 4.79 Å². The number of piperazine rings is 1. The summed E-state index contributed by atoms with van der Waals surface area (Å²) < 4.78 is 4.69. The van der Waals surface area contributed by atoms with E-state index >= 15 is 0 Å². The summed E-state index contributed by atoms with van der Waals surface area (Å²) in [4.78, 5) is 23.3. The van der Waals surface area contributed by atoms with E-state index in [-0.39, 0.29) is 24.9 Å². The standard InChI is InChI=1S/C7H12N2O3.ClH/c1-2-12-7(11)9-4-3-8-5-6(9)10;/h8H,2-5H2,1H3;1H. The van der Waals surface area contributed by atoms with E-state index in [1.807, 2.05) is 0 Å². The van der Waals surface area contributed by atoms with Crippen molar-refractivity contribution in [2.45, 2.75) is 6.92 Å². The van der Waals surface area contributed by atoms with E-state index in [0.717, 1.165) is 4.90 Å².